The van der Waals surface area contributed by atoms with E-state index in [1.165, 1.54) is 6.42 Å². The topological polar surface area (TPSA) is 66.5 Å². The average molecular weight is 420 g/mol. The van der Waals surface area contributed by atoms with Gasteiger partial charge in [0.2, 0.25) is 5.91 Å². The van der Waals surface area contributed by atoms with Gasteiger partial charge in [-0.2, -0.15) is 0 Å². The fraction of sp³-hybridized carbons (Fsp3) is 0.955. The monoisotopic (exact) mass is 419 g/mol. The zero-order valence-electron chi connectivity index (χ0n) is 19.7. The molecule has 0 fully saturated rings. The molecule has 0 N–H and O–H groups in total. The lowest BCUT2D eigenvalue weighted by molar-refractivity contribution is -0.133. The van der Waals surface area contributed by atoms with Crippen LogP contribution in [0.5, 0.6) is 0 Å². The number of carbonyl (C=O) groups is 1. The number of hydrogen-bond acceptors (Lipinski definition) is 6. The van der Waals surface area contributed by atoms with E-state index in [2.05, 4.69) is 20.8 Å². The van der Waals surface area contributed by atoms with Crippen LogP contribution in [-0.4, -0.2) is 90.5 Å². The van der Waals surface area contributed by atoms with Crippen LogP contribution in [0.4, 0.5) is 0 Å². The molecule has 0 aliphatic carbocycles. The molecule has 7 heteroatoms. The van der Waals surface area contributed by atoms with Gasteiger partial charge < -0.3 is 28.6 Å². The van der Waals surface area contributed by atoms with Gasteiger partial charge in [-0.1, -0.05) is 34.6 Å². The number of rotatable bonds is 19. The van der Waals surface area contributed by atoms with Crippen molar-refractivity contribution in [1.82, 2.24) is 4.90 Å². The van der Waals surface area contributed by atoms with Crippen molar-refractivity contribution in [2.24, 2.45) is 11.3 Å². The Bertz CT molecular complexity index is 384. The molecule has 0 saturated carbocycles. The Morgan fingerprint density at radius 3 is 1.48 bits per heavy atom. The van der Waals surface area contributed by atoms with E-state index in [4.69, 9.17) is 23.7 Å². The molecule has 174 valence electrons. The molecule has 0 aromatic rings. The van der Waals surface area contributed by atoms with Gasteiger partial charge in [-0.15, -0.1) is 0 Å². The molecule has 0 aromatic heterocycles. The molecule has 0 saturated heterocycles. The standard InChI is InChI=1S/C22H45NO6/c1-20(2)21(24)23(6)9-11-26-13-15-28-17-19-29-18-16-27-14-12-25-10-7-8-22(3,4)5/h20H,7-19H2,1-6H3. The SMILES string of the molecule is CC(C)C(=O)N(C)CCOCCOCCOCCOCCOCCCC(C)(C)C. The quantitative estimate of drug-likeness (QED) is 0.300. The van der Waals surface area contributed by atoms with Gasteiger partial charge >= 0.3 is 0 Å². The molecule has 0 radical (unpaired) electrons. The molecule has 0 rings (SSSR count). The summed E-state index contributed by atoms with van der Waals surface area (Å²) in [6.45, 7) is 16.9. The molecule has 1 amide bonds. The van der Waals surface area contributed by atoms with E-state index in [-0.39, 0.29) is 11.8 Å². The zero-order chi connectivity index (χ0) is 22.0. The van der Waals surface area contributed by atoms with Crippen molar-refractivity contribution in [3.05, 3.63) is 0 Å². The second-order valence-corrected chi connectivity index (χ2v) is 8.64. The predicted octanol–water partition coefficient (Wildman–Crippen LogP) is 3.01. The summed E-state index contributed by atoms with van der Waals surface area (Å²) in [5.41, 5.74) is 0.375. The summed E-state index contributed by atoms with van der Waals surface area (Å²) >= 11 is 0. The van der Waals surface area contributed by atoms with Crippen LogP contribution < -0.4 is 0 Å². The number of carbonyl (C=O) groups excluding carboxylic acids is 1. The van der Waals surface area contributed by atoms with Crippen molar-refractivity contribution in [2.75, 3.05) is 79.7 Å². The normalized spacial score (nSPS) is 12.0. The molecule has 0 spiro atoms. The van der Waals surface area contributed by atoms with Crippen molar-refractivity contribution in [3.63, 3.8) is 0 Å². The van der Waals surface area contributed by atoms with Crippen molar-refractivity contribution >= 4 is 5.91 Å². The maximum atomic E-state index is 11.7. The molecule has 0 heterocycles. The highest BCUT2D eigenvalue weighted by atomic mass is 16.6. The van der Waals surface area contributed by atoms with E-state index in [1.54, 1.807) is 11.9 Å². The van der Waals surface area contributed by atoms with Gasteiger partial charge in [0.1, 0.15) is 0 Å². The first-order chi connectivity index (χ1) is 13.7. The molecule has 29 heavy (non-hydrogen) atoms. The first kappa shape index (κ1) is 28.3. The summed E-state index contributed by atoms with van der Waals surface area (Å²) in [4.78, 5) is 13.4. The van der Waals surface area contributed by atoms with Gasteiger partial charge in [-0.25, -0.2) is 0 Å². The minimum Gasteiger partial charge on any atom is -0.379 e. The Kier molecular flexibility index (Phi) is 17.6. The maximum absolute atomic E-state index is 11.7. The fourth-order valence-corrected chi connectivity index (χ4v) is 2.44. The second-order valence-electron chi connectivity index (χ2n) is 8.64. The van der Waals surface area contributed by atoms with E-state index < -0.39 is 0 Å². The summed E-state index contributed by atoms with van der Waals surface area (Å²) in [5.74, 6) is 0.153. The lowest BCUT2D eigenvalue weighted by atomic mass is 9.91. The molecule has 0 aliphatic heterocycles. The average Bonchev–Trinajstić information content (AvgIpc) is 2.65. The molecule has 0 unspecified atom stereocenters. The number of likely N-dealkylation sites (N-methyl/N-ethyl adjacent to an activating group) is 1. The lowest BCUT2D eigenvalue weighted by Gasteiger charge is -2.19. The summed E-state index contributed by atoms with van der Waals surface area (Å²) < 4.78 is 27.4. The molecule has 0 bridgehead atoms. The highest BCUT2D eigenvalue weighted by molar-refractivity contribution is 5.77. The Hall–Kier alpha value is -0.730. The van der Waals surface area contributed by atoms with E-state index in [0.29, 0.717) is 71.4 Å². The second kappa shape index (κ2) is 18.1. The van der Waals surface area contributed by atoms with Crippen molar-refractivity contribution in [2.45, 2.75) is 47.5 Å². The molecule has 7 nitrogen and oxygen atoms in total. The van der Waals surface area contributed by atoms with Crippen LogP contribution >= 0.6 is 0 Å². The van der Waals surface area contributed by atoms with Gasteiger partial charge in [0, 0.05) is 26.1 Å². The van der Waals surface area contributed by atoms with E-state index in [9.17, 15) is 4.79 Å². The van der Waals surface area contributed by atoms with Gasteiger partial charge in [0.05, 0.1) is 59.5 Å². The van der Waals surface area contributed by atoms with Gasteiger partial charge in [0.25, 0.3) is 0 Å². The van der Waals surface area contributed by atoms with Gasteiger partial charge in [0.15, 0.2) is 0 Å². The summed E-state index contributed by atoms with van der Waals surface area (Å²) in [7, 11) is 1.80. The predicted molar refractivity (Wildman–Crippen MR) is 115 cm³/mol. The first-order valence-corrected chi connectivity index (χ1v) is 10.9. The van der Waals surface area contributed by atoms with Crippen LogP contribution in [0, 0.1) is 11.3 Å². The third-order valence-corrected chi connectivity index (χ3v) is 4.14. The van der Waals surface area contributed by atoms with Crippen LogP contribution in [0.1, 0.15) is 47.5 Å². The van der Waals surface area contributed by atoms with Crippen molar-refractivity contribution < 1.29 is 28.5 Å². The molecule has 0 atom stereocenters. The fourth-order valence-electron chi connectivity index (χ4n) is 2.44. The Balaban J connectivity index is 3.18. The highest BCUT2D eigenvalue weighted by Crippen LogP contribution is 2.20. The first-order valence-electron chi connectivity index (χ1n) is 10.9. The summed E-state index contributed by atoms with van der Waals surface area (Å²) in [6.07, 6.45) is 2.26. The van der Waals surface area contributed by atoms with Crippen LogP contribution in [0.25, 0.3) is 0 Å². The Labute approximate surface area is 178 Å². The minimum absolute atomic E-state index is 0.0189. The van der Waals surface area contributed by atoms with Crippen LogP contribution in [0.2, 0.25) is 0 Å². The Morgan fingerprint density at radius 1 is 0.724 bits per heavy atom. The van der Waals surface area contributed by atoms with Crippen LogP contribution in [-0.2, 0) is 28.5 Å². The zero-order valence-corrected chi connectivity index (χ0v) is 19.7. The molecule has 0 aromatic carbocycles. The maximum Gasteiger partial charge on any atom is 0.224 e. The van der Waals surface area contributed by atoms with Crippen molar-refractivity contribution in [1.29, 1.82) is 0 Å². The third-order valence-electron chi connectivity index (χ3n) is 4.14. The minimum atomic E-state index is 0.0189. The van der Waals surface area contributed by atoms with E-state index in [0.717, 1.165) is 13.0 Å². The number of amides is 1. The summed E-state index contributed by atoms with van der Waals surface area (Å²) in [5, 5.41) is 0. The molecule has 0 aliphatic rings. The van der Waals surface area contributed by atoms with E-state index >= 15 is 0 Å². The largest absolute Gasteiger partial charge is 0.379 e. The van der Waals surface area contributed by atoms with E-state index in [1.807, 2.05) is 13.8 Å². The number of hydrogen-bond donors (Lipinski definition) is 0. The number of nitrogens with zero attached hydrogens (tertiary/aromatic N) is 1. The molecular weight excluding hydrogens is 374 g/mol. The van der Waals surface area contributed by atoms with Gasteiger partial charge in [-0.3, -0.25) is 4.79 Å². The highest BCUT2D eigenvalue weighted by Gasteiger charge is 2.12. The smallest absolute Gasteiger partial charge is 0.224 e. The lowest BCUT2D eigenvalue weighted by Crippen LogP contribution is -2.33. The molecular formula is C22H45NO6. The summed E-state index contributed by atoms with van der Waals surface area (Å²) in [6, 6.07) is 0. The van der Waals surface area contributed by atoms with Crippen molar-refractivity contribution in [3.8, 4) is 0 Å². The van der Waals surface area contributed by atoms with Crippen LogP contribution in [0.3, 0.4) is 0 Å². The Morgan fingerprint density at radius 2 is 1.10 bits per heavy atom. The third kappa shape index (κ3) is 20.3. The van der Waals surface area contributed by atoms with Crippen LogP contribution in [0.15, 0.2) is 0 Å². The number of ether oxygens (including phenoxy) is 5. The van der Waals surface area contributed by atoms with Gasteiger partial charge in [-0.05, 0) is 18.3 Å².